The molecule has 1 unspecified atom stereocenters. The normalized spacial score (nSPS) is 25.0. The maximum Gasteiger partial charge on any atom is 0.280 e. The van der Waals surface area contributed by atoms with Gasteiger partial charge in [0.05, 0.1) is 18.3 Å². The number of nitrogens with one attached hydrogen (secondary N) is 1. The highest BCUT2D eigenvalue weighted by molar-refractivity contribution is 6.01. The summed E-state index contributed by atoms with van der Waals surface area (Å²) in [6, 6.07) is 0.907. The molecule has 3 aromatic heterocycles. The molecule has 2 N–H and O–H groups in total. The van der Waals surface area contributed by atoms with Crippen molar-refractivity contribution in [2.75, 3.05) is 26.3 Å². The van der Waals surface area contributed by atoms with Gasteiger partial charge in [0.15, 0.2) is 0 Å². The molecule has 0 radical (unpaired) electrons. The van der Waals surface area contributed by atoms with Crippen LogP contribution in [-0.2, 0) is 4.74 Å². The zero-order chi connectivity index (χ0) is 20.2. The lowest BCUT2D eigenvalue weighted by Gasteiger charge is -2.44. The summed E-state index contributed by atoms with van der Waals surface area (Å²) in [4.78, 5) is 13.7. The molecular weight excluding hydrogens is 380 g/mol. The van der Waals surface area contributed by atoms with Gasteiger partial charge >= 0.3 is 0 Å². The molecule has 0 bridgehead atoms. The van der Waals surface area contributed by atoms with Crippen molar-refractivity contribution in [3.63, 3.8) is 0 Å². The molecule has 0 amide bonds. The molecule has 0 aliphatic carbocycles. The Kier molecular flexibility index (Phi) is 4.56. The number of aliphatic hydroxyl groups is 1. The van der Waals surface area contributed by atoms with E-state index in [9.17, 15) is 5.11 Å². The van der Waals surface area contributed by atoms with Crippen molar-refractivity contribution < 1.29 is 18.6 Å². The van der Waals surface area contributed by atoms with Gasteiger partial charge in [-0.05, 0) is 32.3 Å². The fourth-order valence-corrected chi connectivity index (χ4v) is 4.85. The van der Waals surface area contributed by atoms with E-state index in [2.05, 4.69) is 15.0 Å². The summed E-state index contributed by atoms with van der Waals surface area (Å²) in [6.07, 6.45) is 4.24. The number of aliphatic hydroxyl groups excluding tert-OH is 1. The molecule has 9 heteroatoms. The predicted octanol–water partition coefficient (Wildman–Crippen LogP) is 3.03. The van der Waals surface area contributed by atoms with Crippen molar-refractivity contribution in [2.45, 2.75) is 50.3 Å². The van der Waals surface area contributed by atoms with E-state index in [1.165, 1.54) is 0 Å². The lowest BCUT2D eigenvalue weighted by molar-refractivity contribution is -0.120. The van der Waals surface area contributed by atoms with E-state index in [4.69, 9.17) is 4.74 Å². The molecule has 2 aliphatic rings. The van der Waals surface area contributed by atoms with Crippen LogP contribution in [0.4, 0.5) is 8.78 Å². The number of likely N-dealkylation sites (tertiary alicyclic amines) is 1. The number of alkyl halides is 2. The van der Waals surface area contributed by atoms with Crippen LogP contribution in [0.15, 0.2) is 18.5 Å². The maximum atomic E-state index is 15.5. The molecule has 2 atom stereocenters. The molecular formula is C20H25F2N5O2. The number of imidazole rings is 1. The molecule has 5 rings (SSSR count). The topological polar surface area (TPSA) is 79.2 Å². The minimum atomic E-state index is -2.94. The molecule has 0 saturated carbocycles. The number of aromatic nitrogens is 4. The number of hydrogen-bond acceptors (Lipinski definition) is 5. The fourth-order valence-electron chi connectivity index (χ4n) is 4.85. The van der Waals surface area contributed by atoms with Crippen LogP contribution in [-0.4, -0.2) is 67.8 Å². The molecule has 0 spiro atoms. The van der Waals surface area contributed by atoms with Gasteiger partial charge in [-0.3, -0.25) is 4.90 Å². The van der Waals surface area contributed by atoms with Crippen LogP contribution in [0.1, 0.15) is 44.2 Å². The Morgan fingerprint density at radius 1 is 1.31 bits per heavy atom. The monoisotopic (exact) mass is 405 g/mol. The Morgan fingerprint density at radius 3 is 2.83 bits per heavy atom. The highest BCUT2D eigenvalue weighted by Crippen LogP contribution is 2.42. The highest BCUT2D eigenvalue weighted by atomic mass is 19.3. The van der Waals surface area contributed by atoms with Crippen LogP contribution in [0.5, 0.6) is 0 Å². The summed E-state index contributed by atoms with van der Waals surface area (Å²) in [6.45, 7) is 3.13. The van der Waals surface area contributed by atoms with E-state index in [0.717, 1.165) is 18.2 Å². The zero-order valence-electron chi connectivity index (χ0n) is 16.3. The van der Waals surface area contributed by atoms with Gasteiger partial charge in [0.25, 0.3) is 5.92 Å². The first-order valence-corrected chi connectivity index (χ1v) is 10.2. The highest BCUT2D eigenvalue weighted by Gasteiger charge is 2.48. The van der Waals surface area contributed by atoms with E-state index in [-0.39, 0.29) is 18.4 Å². The van der Waals surface area contributed by atoms with Crippen molar-refractivity contribution in [1.29, 1.82) is 0 Å². The van der Waals surface area contributed by atoms with Crippen LogP contribution < -0.4 is 0 Å². The van der Waals surface area contributed by atoms with Crippen LogP contribution in [0.25, 0.3) is 22.1 Å². The maximum absolute atomic E-state index is 15.5. The van der Waals surface area contributed by atoms with Crippen molar-refractivity contribution in [2.24, 2.45) is 0 Å². The van der Waals surface area contributed by atoms with Gasteiger partial charge in [-0.2, -0.15) is 0 Å². The summed E-state index contributed by atoms with van der Waals surface area (Å²) < 4.78 is 38.0. The van der Waals surface area contributed by atoms with E-state index >= 15 is 8.78 Å². The first-order chi connectivity index (χ1) is 14.0. The first-order valence-electron chi connectivity index (χ1n) is 10.2. The quantitative estimate of drug-likeness (QED) is 0.700. The Morgan fingerprint density at radius 2 is 2.10 bits per heavy atom. The predicted molar refractivity (Wildman–Crippen MR) is 104 cm³/mol. The second kappa shape index (κ2) is 7.00. The standard InChI is InChI=1S/C20H25F2N5O2/c1-12(28)19-25-15-10-24-18-14(2-6-23-18)17(15)27(19)16-3-7-26(11-20(16,21)22)13-4-8-29-9-5-13/h2,6,10,12-13,16,28H,3-5,7-9,11H2,1H3,(H,23,24)/t12-,16?/m1/s1. The van der Waals surface area contributed by atoms with Crippen molar-refractivity contribution >= 4 is 22.1 Å². The molecule has 3 aromatic rings. The van der Waals surface area contributed by atoms with Gasteiger partial charge in [0.2, 0.25) is 0 Å². The number of fused-ring (bicyclic) bond motifs is 3. The average Bonchev–Trinajstić information content (AvgIpc) is 3.32. The number of nitrogens with zero attached hydrogens (tertiary/aromatic N) is 4. The summed E-state index contributed by atoms with van der Waals surface area (Å²) in [7, 11) is 0. The van der Waals surface area contributed by atoms with E-state index in [0.29, 0.717) is 42.9 Å². The van der Waals surface area contributed by atoms with Crippen molar-refractivity contribution in [3.8, 4) is 0 Å². The minimum Gasteiger partial charge on any atom is -0.385 e. The second-order valence-corrected chi connectivity index (χ2v) is 8.13. The Labute approximate surface area is 166 Å². The van der Waals surface area contributed by atoms with Gasteiger partial charge in [0.1, 0.15) is 29.1 Å². The molecule has 29 heavy (non-hydrogen) atoms. The third-order valence-electron chi connectivity index (χ3n) is 6.25. The van der Waals surface area contributed by atoms with Crippen LogP contribution in [0.2, 0.25) is 0 Å². The lowest BCUT2D eigenvalue weighted by Crippen LogP contribution is -2.53. The van der Waals surface area contributed by atoms with Crippen molar-refractivity contribution in [1.82, 2.24) is 24.4 Å². The third kappa shape index (κ3) is 3.12. The van der Waals surface area contributed by atoms with Gasteiger partial charge in [-0.1, -0.05) is 0 Å². The molecule has 0 aromatic carbocycles. The number of rotatable bonds is 3. The molecule has 2 fully saturated rings. The molecule has 2 aliphatic heterocycles. The van der Waals surface area contributed by atoms with Crippen LogP contribution >= 0.6 is 0 Å². The number of aromatic amines is 1. The third-order valence-corrected chi connectivity index (χ3v) is 6.25. The van der Waals surface area contributed by atoms with E-state index in [1.807, 2.05) is 11.0 Å². The summed E-state index contributed by atoms with van der Waals surface area (Å²) in [5, 5.41) is 11.0. The number of hydrogen-bond donors (Lipinski definition) is 2. The van der Waals surface area contributed by atoms with E-state index in [1.54, 1.807) is 23.9 Å². The average molecular weight is 405 g/mol. The molecule has 7 nitrogen and oxygen atoms in total. The van der Waals surface area contributed by atoms with Gasteiger partial charge < -0.3 is 19.4 Å². The van der Waals surface area contributed by atoms with Crippen LogP contribution in [0, 0.1) is 0 Å². The summed E-state index contributed by atoms with van der Waals surface area (Å²) >= 11 is 0. The number of ether oxygens (including phenoxy) is 1. The minimum absolute atomic E-state index is 0.145. The second-order valence-electron chi connectivity index (χ2n) is 8.13. The number of piperidine rings is 1. The Bertz CT molecular complexity index is 1020. The van der Waals surface area contributed by atoms with Gasteiger partial charge in [-0.25, -0.2) is 18.7 Å². The van der Waals surface area contributed by atoms with E-state index < -0.39 is 18.1 Å². The zero-order valence-corrected chi connectivity index (χ0v) is 16.3. The first kappa shape index (κ1) is 18.9. The number of halogens is 2. The smallest absolute Gasteiger partial charge is 0.280 e. The lowest BCUT2D eigenvalue weighted by atomic mass is 9.96. The number of pyridine rings is 1. The van der Waals surface area contributed by atoms with Crippen molar-refractivity contribution in [3.05, 3.63) is 24.3 Å². The molecule has 156 valence electrons. The SMILES string of the molecule is C[C@@H](O)c1nc2cnc3[nH]ccc3c2n1C1CCN(C2CCOCC2)CC1(F)F. The Balaban J connectivity index is 1.58. The largest absolute Gasteiger partial charge is 0.385 e. The fraction of sp³-hybridized carbons (Fsp3) is 0.600. The van der Waals surface area contributed by atoms with Gasteiger partial charge in [0, 0.05) is 37.4 Å². The molecule has 2 saturated heterocycles. The summed E-state index contributed by atoms with van der Waals surface area (Å²) in [5.74, 6) is -2.68. The number of H-pyrrole nitrogens is 1. The Hall–Kier alpha value is -2.10. The van der Waals surface area contributed by atoms with Gasteiger partial charge in [-0.15, -0.1) is 0 Å². The summed E-state index contributed by atoms with van der Waals surface area (Å²) in [5.41, 5.74) is 1.76. The molecule has 5 heterocycles. The van der Waals surface area contributed by atoms with Crippen LogP contribution in [0.3, 0.4) is 0 Å².